The van der Waals surface area contributed by atoms with Gasteiger partial charge in [0.05, 0.1) is 0 Å². The summed E-state index contributed by atoms with van der Waals surface area (Å²) in [6.45, 7) is 18.0. The number of thiol groups is 1. The molecular formula is C28H56N6O2S. The Morgan fingerprint density at radius 2 is 1.54 bits per heavy atom. The number of nitrogens with one attached hydrogen (secondary N) is 2. The summed E-state index contributed by atoms with van der Waals surface area (Å²) < 4.78 is 2.88. The molecule has 9 heteroatoms. The summed E-state index contributed by atoms with van der Waals surface area (Å²) in [6, 6.07) is 0.816. The summed E-state index contributed by atoms with van der Waals surface area (Å²) in [5, 5.41) is 3.28. The van der Waals surface area contributed by atoms with Crippen molar-refractivity contribution in [2.24, 2.45) is 11.8 Å². The van der Waals surface area contributed by atoms with Crippen LogP contribution in [0.4, 0.5) is 0 Å². The molecule has 2 amide bonds. The van der Waals surface area contributed by atoms with Gasteiger partial charge in [0.15, 0.2) is 0 Å². The van der Waals surface area contributed by atoms with Gasteiger partial charge in [-0.15, -0.1) is 0 Å². The van der Waals surface area contributed by atoms with Crippen molar-refractivity contribution in [1.82, 2.24) is 29.6 Å². The highest BCUT2D eigenvalue weighted by atomic mass is 32.1. The SMILES string of the molecule is CNCCCN(CCN(C(=O)CCCNS)C1CCN(CC(C)C)CC1)C1CCN(C(=O)C(C)C)CC1. The minimum absolute atomic E-state index is 0.0626. The molecule has 0 aliphatic carbocycles. The van der Waals surface area contributed by atoms with Crippen molar-refractivity contribution in [3.63, 3.8) is 0 Å². The molecule has 0 radical (unpaired) electrons. The van der Waals surface area contributed by atoms with Crippen LogP contribution in [0.2, 0.25) is 0 Å². The second-order valence-electron chi connectivity index (χ2n) is 11.7. The number of rotatable bonds is 16. The average Bonchev–Trinajstić information content (AvgIpc) is 2.88. The molecule has 37 heavy (non-hydrogen) atoms. The Bertz CT molecular complexity index is 649. The first-order valence-corrected chi connectivity index (χ1v) is 15.3. The molecule has 8 nitrogen and oxygen atoms in total. The minimum atomic E-state index is 0.0626. The van der Waals surface area contributed by atoms with Crippen LogP contribution in [0.5, 0.6) is 0 Å². The van der Waals surface area contributed by atoms with E-state index in [9.17, 15) is 9.59 Å². The molecule has 2 fully saturated rings. The first kappa shape index (κ1) is 32.3. The van der Waals surface area contributed by atoms with Gasteiger partial charge in [-0.25, -0.2) is 0 Å². The van der Waals surface area contributed by atoms with E-state index in [-0.39, 0.29) is 11.8 Å². The molecule has 0 bridgehead atoms. The van der Waals surface area contributed by atoms with Gasteiger partial charge in [0.1, 0.15) is 0 Å². The van der Waals surface area contributed by atoms with E-state index in [1.54, 1.807) is 0 Å². The lowest BCUT2D eigenvalue weighted by atomic mass is 10.00. The fourth-order valence-electron chi connectivity index (χ4n) is 5.89. The lowest BCUT2D eigenvalue weighted by Crippen LogP contribution is -2.53. The molecule has 0 saturated carbocycles. The fraction of sp³-hybridized carbons (Fsp3) is 0.929. The molecule has 0 aromatic heterocycles. The number of carbonyl (C=O) groups excluding carboxylic acids is 2. The van der Waals surface area contributed by atoms with E-state index in [2.05, 4.69) is 51.4 Å². The second kappa shape index (κ2) is 17.7. The van der Waals surface area contributed by atoms with Gasteiger partial charge >= 0.3 is 0 Å². The molecule has 2 heterocycles. The van der Waals surface area contributed by atoms with Crippen molar-refractivity contribution in [2.45, 2.75) is 84.7 Å². The van der Waals surface area contributed by atoms with Gasteiger partial charge in [-0.05, 0) is 64.6 Å². The molecule has 2 rings (SSSR count). The number of hydrogen-bond acceptors (Lipinski definition) is 7. The maximum Gasteiger partial charge on any atom is 0.225 e. The van der Waals surface area contributed by atoms with E-state index in [1.807, 2.05) is 25.8 Å². The Kier molecular flexibility index (Phi) is 15.4. The standard InChI is InChI=1S/C28H56N6O2S/c1-23(2)22-31-16-9-26(10-17-31)34(27(35)8-6-14-30-37)21-20-32(15-7-13-29-5)25-11-18-33(19-12-25)28(36)24(3)4/h23-26,29-30,37H,6-22H2,1-5H3. The number of hydrogen-bond donors (Lipinski definition) is 3. The minimum Gasteiger partial charge on any atom is -0.342 e. The van der Waals surface area contributed by atoms with Crippen LogP contribution in [-0.2, 0) is 9.59 Å². The molecule has 0 aromatic rings. The van der Waals surface area contributed by atoms with Gasteiger partial charge in [-0.1, -0.05) is 40.5 Å². The van der Waals surface area contributed by atoms with E-state index in [0.717, 1.165) is 104 Å². The highest BCUT2D eigenvalue weighted by molar-refractivity contribution is 7.78. The molecule has 2 saturated heterocycles. The molecule has 2 aliphatic heterocycles. The molecular weight excluding hydrogens is 484 g/mol. The largest absolute Gasteiger partial charge is 0.342 e. The van der Waals surface area contributed by atoms with Crippen LogP contribution >= 0.6 is 12.8 Å². The molecule has 216 valence electrons. The van der Waals surface area contributed by atoms with Gasteiger partial charge in [-0.2, -0.15) is 0 Å². The Morgan fingerprint density at radius 3 is 2.11 bits per heavy atom. The maximum absolute atomic E-state index is 13.4. The average molecular weight is 541 g/mol. The third-order valence-electron chi connectivity index (χ3n) is 7.91. The molecule has 2 aliphatic rings. The van der Waals surface area contributed by atoms with Crippen LogP contribution in [-0.4, -0.2) is 116 Å². The predicted molar refractivity (Wildman–Crippen MR) is 157 cm³/mol. The van der Waals surface area contributed by atoms with Gasteiger partial charge in [0, 0.05) is 76.8 Å². The van der Waals surface area contributed by atoms with E-state index in [1.165, 1.54) is 0 Å². The molecule has 0 atom stereocenters. The van der Waals surface area contributed by atoms with Crippen LogP contribution in [0.3, 0.4) is 0 Å². The number of carbonyl (C=O) groups is 2. The quantitative estimate of drug-likeness (QED) is 0.207. The zero-order chi connectivity index (χ0) is 27.2. The number of amides is 2. The fourth-order valence-corrected chi connectivity index (χ4v) is 6.05. The Balaban J connectivity index is 2.02. The van der Waals surface area contributed by atoms with Crippen molar-refractivity contribution in [1.29, 1.82) is 0 Å². The summed E-state index contributed by atoms with van der Waals surface area (Å²) in [5.74, 6) is 1.30. The van der Waals surface area contributed by atoms with E-state index in [0.29, 0.717) is 30.3 Å². The van der Waals surface area contributed by atoms with Crippen molar-refractivity contribution in [2.75, 3.05) is 72.5 Å². The van der Waals surface area contributed by atoms with Crippen molar-refractivity contribution >= 4 is 24.6 Å². The zero-order valence-corrected chi connectivity index (χ0v) is 25.3. The van der Waals surface area contributed by atoms with E-state index >= 15 is 0 Å². The van der Waals surface area contributed by atoms with Crippen LogP contribution in [0.25, 0.3) is 0 Å². The first-order chi connectivity index (χ1) is 17.8. The number of likely N-dealkylation sites (tertiary alicyclic amines) is 2. The number of nitrogens with zero attached hydrogens (tertiary/aromatic N) is 4. The first-order valence-electron chi connectivity index (χ1n) is 14.8. The third kappa shape index (κ3) is 11.4. The van der Waals surface area contributed by atoms with Gasteiger partial charge in [-0.3, -0.25) is 19.2 Å². The molecule has 2 N–H and O–H groups in total. The molecule has 0 spiro atoms. The van der Waals surface area contributed by atoms with Crippen LogP contribution in [0, 0.1) is 11.8 Å². The topological polar surface area (TPSA) is 71.2 Å². The molecule has 0 unspecified atom stereocenters. The lowest BCUT2D eigenvalue weighted by Gasteiger charge is -2.42. The van der Waals surface area contributed by atoms with Gasteiger partial charge in [0.2, 0.25) is 11.8 Å². The summed E-state index contributed by atoms with van der Waals surface area (Å²) in [7, 11) is 2.01. The summed E-state index contributed by atoms with van der Waals surface area (Å²) >= 11 is 4.09. The van der Waals surface area contributed by atoms with Crippen molar-refractivity contribution < 1.29 is 9.59 Å². The smallest absolute Gasteiger partial charge is 0.225 e. The van der Waals surface area contributed by atoms with Crippen LogP contribution < -0.4 is 10.0 Å². The summed E-state index contributed by atoms with van der Waals surface area (Å²) in [5.41, 5.74) is 0. The normalized spacial score (nSPS) is 18.4. The van der Waals surface area contributed by atoms with Crippen LogP contribution in [0.1, 0.15) is 72.6 Å². The summed E-state index contributed by atoms with van der Waals surface area (Å²) in [4.78, 5) is 35.3. The Hall–Kier alpha value is -0.870. The van der Waals surface area contributed by atoms with Crippen LogP contribution in [0.15, 0.2) is 0 Å². The monoisotopic (exact) mass is 540 g/mol. The highest BCUT2D eigenvalue weighted by Crippen LogP contribution is 2.22. The molecule has 0 aromatic carbocycles. The zero-order valence-electron chi connectivity index (χ0n) is 24.4. The maximum atomic E-state index is 13.4. The van der Waals surface area contributed by atoms with Gasteiger partial charge in [0.25, 0.3) is 0 Å². The van der Waals surface area contributed by atoms with Crippen molar-refractivity contribution in [3.05, 3.63) is 0 Å². The second-order valence-corrected chi connectivity index (χ2v) is 12.0. The highest BCUT2D eigenvalue weighted by Gasteiger charge is 2.31. The third-order valence-corrected chi connectivity index (χ3v) is 8.13. The van der Waals surface area contributed by atoms with Gasteiger partial charge < -0.3 is 20.0 Å². The lowest BCUT2D eigenvalue weighted by molar-refractivity contribution is -0.137. The predicted octanol–water partition coefficient (Wildman–Crippen LogP) is 2.71. The number of piperidine rings is 2. The van der Waals surface area contributed by atoms with E-state index in [4.69, 9.17) is 0 Å². The Labute approximate surface area is 232 Å². The van der Waals surface area contributed by atoms with Crippen molar-refractivity contribution in [3.8, 4) is 0 Å². The summed E-state index contributed by atoms with van der Waals surface area (Å²) in [6.07, 6.45) is 6.67. The Morgan fingerprint density at radius 1 is 0.892 bits per heavy atom. The van der Waals surface area contributed by atoms with E-state index < -0.39 is 0 Å².